The Kier molecular flexibility index (Phi) is 6.34. The summed E-state index contributed by atoms with van der Waals surface area (Å²) in [6.07, 6.45) is -4.53. The summed E-state index contributed by atoms with van der Waals surface area (Å²) in [6.45, 7) is 3.63. The minimum Gasteiger partial charge on any atom is -0.318 e. The standard InChI is InChI=1S/C26H23F3N4O2/c1-16-11-13-20(14-12-16)33-23(31-22-10-5-4-9-21(22)24(33)34)17(2)32(3)25(35)30-19-8-6-7-18(15-19)26(27,28)29/h4-15,17H,1-3H3,(H,30,35). The van der Waals surface area contributed by atoms with Gasteiger partial charge in [0.25, 0.3) is 5.56 Å². The van der Waals surface area contributed by atoms with Gasteiger partial charge in [0.05, 0.1) is 28.2 Å². The van der Waals surface area contributed by atoms with Crippen LogP contribution in [-0.4, -0.2) is 27.5 Å². The number of aryl methyl sites for hydroxylation is 1. The van der Waals surface area contributed by atoms with Gasteiger partial charge in [0.15, 0.2) is 0 Å². The number of hydrogen-bond acceptors (Lipinski definition) is 3. The number of anilines is 1. The zero-order chi connectivity index (χ0) is 25.3. The molecule has 6 nitrogen and oxygen atoms in total. The van der Waals surface area contributed by atoms with Crippen molar-refractivity contribution >= 4 is 22.6 Å². The Hall–Kier alpha value is -4.14. The number of rotatable bonds is 4. The van der Waals surface area contributed by atoms with E-state index in [1.807, 2.05) is 19.1 Å². The van der Waals surface area contributed by atoms with Gasteiger partial charge in [-0.2, -0.15) is 13.2 Å². The lowest BCUT2D eigenvalue weighted by molar-refractivity contribution is -0.137. The number of nitrogens with zero attached hydrogens (tertiary/aromatic N) is 3. The molecular formula is C26H23F3N4O2. The van der Waals surface area contributed by atoms with Crippen LogP contribution < -0.4 is 10.9 Å². The van der Waals surface area contributed by atoms with E-state index in [9.17, 15) is 22.8 Å². The molecule has 9 heteroatoms. The Bertz CT molecular complexity index is 1450. The molecule has 1 N–H and O–H groups in total. The number of urea groups is 1. The summed E-state index contributed by atoms with van der Waals surface area (Å²) in [5, 5.41) is 2.93. The van der Waals surface area contributed by atoms with Crippen LogP contribution in [0, 0.1) is 6.92 Å². The number of fused-ring (bicyclic) bond motifs is 1. The predicted octanol–water partition coefficient (Wildman–Crippen LogP) is 5.94. The van der Waals surface area contributed by atoms with Crippen molar-refractivity contribution < 1.29 is 18.0 Å². The lowest BCUT2D eigenvalue weighted by Crippen LogP contribution is -2.37. The summed E-state index contributed by atoms with van der Waals surface area (Å²) in [6, 6.07) is 17.3. The van der Waals surface area contributed by atoms with Crippen molar-refractivity contribution in [2.45, 2.75) is 26.1 Å². The third-order valence-electron chi connectivity index (χ3n) is 5.81. The molecule has 35 heavy (non-hydrogen) atoms. The monoisotopic (exact) mass is 480 g/mol. The fourth-order valence-corrected chi connectivity index (χ4v) is 3.71. The molecule has 0 bridgehead atoms. The van der Waals surface area contributed by atoms with E-state index in [2.05, 4.69) is 10.3 Å². The smallest absolute Gasteiger partial charge is 0.318 e. The van der Waals surface area contributed by atoms with Gasteiger partial charge in [-0.1, -0.05) is 35.9 Å². The Balaban J connectivity index is 1.73. The third-order valence-corrected chi connectivity index (χ3v) is 5.81. The van der Waals surface area contributed by atoms with Gasteiger partial charge in [-0.25, -0.2) is 9.78 Å². The first kappa shape index (κ1) is 24.0. The molecule has 4 aromatic rings. The first-order chi connectivity index (χ1) is 16.6. The van der Waals surface area contributed by atoms with Gasteiger partial charge in [-0.15, -0.1) is 0 Å². The molecule has 1 atom stereocenters. The second-order valence-electron chi connectivity index (χ2n) is 8.26. The van der Waals surface area contributed by atoms with Crippen molar-refractivity contribution in [1.82, 2.24) is 14.5 Å². The maximum absolute atomic E-state index is 13.5. The van der Waals surface area contributed by atoms with E-state index in [1.54, 1.807) is 43.3 Å². The van der Waals surface area contributed by atoms with E-state index in [0.29, 0.717) is 22.4 Å². The largest absolute Gasteiger partial charge is 0.416 e. The third kappa shape index (κ3) is 4.89. The van der Waals surface area contributed by atoms with Crippen LogP contribution in [-0.2, 0) is 6.18 Å². The number of halogens is 3. The second kappa shape index (κ2) is 9.25. The van der Waals surface area contributed by atoms with Crippen LogP contribution in [0.3, 0.4) is 0 Å². The number of carbonyl (C=O) groups excluding carboxylic acids is 1. The first-order valence-electron chi connectivity index (χ1n) is 10.9. The maximum atomic E-state index is 13.5. The molecule has 1 aromatic heterocycles. The molecule has 0 fully saturated rings. The van der Waals surface area contributed by atoms with Crippen molar-refractivity contribution in [2.75, 3.05) is 12.4 Å². The summed E-state index contributed by atoms with van der Waals surface area (Å²) >= 11 is 0. The summed E-state index contributed by atoms with van der Waals surface area (Å²) in [5.41, 5.74) is 0.944. The molecule has 1 unspecified atom stereocenters. The molecule has 0 spiro atoms. The summed E-state index contributed by atoms with van der Waals surface area (Å²) in [7, 11) is 1.49. The van der Waals surface area contributed by atoms with Gasteiger partial charge >= 0.3 is 12.2 Å². The average molecular weight is 480 g/mol. The van der Waals surface area contributed by atoms with Gasteiger partial charge in [-0.3, -0.25) is 9.36 Å². The van der Waals surface area contributed by atoms with Crippen LogP contribution in [0.15, 0.2) is 77.6 Å². The van der Waals surface area contributed by atoms with Crippen LogP contribution in [0.4, 0.5) is 23.7 Å². The zero-order valence-corrected chi connectivity index (χ0v) is 19.3. The van der Waals surface area contributed by atoms with Crippen LogP contribution in [0.2, 0.25) is 0 Å². The summed E-state index contributed by atoms with van der Waals surface area (Å²) in [5.74, 6) is 0.319. The number of aromatic nitrogens is 2. The average Bonchev–Trinajstić information content (AvgIpc) is 2.83. The lowest BCUT2D eigenvalue weighted by atomic mass is 10.1. The van der Waals surface area contributed by atoms with Gasteiger partial charge < -0.3 is 10.2 Å². The topological polar surface area (TPSA) is 67.2 Å². The highest BCUT2D eigenvalue weighted by atomic mass is 19.4. The van der Waals surface area contributed by atoms with Crippen LogP contribution in [0.25, 0.3) is 16.6 Å². The molecule has 2 amide bonds. The SMILES string of the molecule is Cc1ccc(-n2c(C(C)N(C)C(=O)Nc3cccc(C(F)(F)F)c3)nc3ccccc3c2=O)cc1. The maximum Gasteiger partial charge on any atom is 0.416 e. The molecular weight excluding hydrogens is 457 g/mol. The summed E-state index contributed by atoms with van der Waals surface area (Å²) in [4.78, 5) is 32.4. The van der Waals surface area contributed by atoms with Crippen molar-refractivity contribution in [1.29, 1.82) is 0 Å². The number of carbonyl (C=O) groups is 1. The van der Waals surface area contributed by atoms with Gasteiger partial charge in [0.2, 0.25) is 0 Å². The molecule has 180 valence electrons. The highest BCUT2D eigenvalue weighted by molar-refractivity contribution is 5.89. The minimum absolute atomic E-state index is 0.00581. The van der Waals surface area contributed by atoms with Crippen LogP contribution in [0.1, 0.15) is 29.9 Å². The molecule has 0 aliphatic rings. The number of amides is 2. The fourth-order valence-electron chi connectivity index (χ4n) is 3.71. The molecule has 0 saturated heterocycles. The number of alkyl halides is 3. The van der Waals surface area contributed by atoms with Crippen LogP contribution in [0.5, 0.6) is 0 Å². The number of hydrogen-bond donors (Lipinski definition) is 1. The Morgan fingerprint density at radius 3 is 2.40 bits per heavy atom. The molecule has 1 heterocycles. The normalized spacial score (nSPS) is 12.4. The quantitative estimate of drug-likeness (QED) is 0.393. The van der Waals surface area contributed by atoms with E-state index < -0.39 is 23.8 Å². The lowest BCUT2D eigenvalue weighted by Gasteiger charge is -2.27. The predicted molar refractivity (Wildman–Crippen MR) is 129 cm³/mol. The Morgan fingerprint density at radius 2 is 1.71 bits per heavy atom. The highest BCUT2D eigenvalue weighted by Crippen LogP contribution is 2.31. The Morgan fingerprint density at radius 1 is 1.03 bits per heavy atom. The highest BCUT2D eigenvalue weighted by Gasteiger charge is 2.31. The van der Waals surface area contributed by atoms with E-state index in [4.69, 9.17) is 0 Å². The molecule has 0 aliphatic carbocycles. The van der Waals surface area contributed by atoms with Crippen molar-refractivity contribution in [3.8, 4) is 5.69 Å². The van der Waals surface area contributed by atoms with Crippen LogP contribution >= 0.6 is 0 Å². The van der Waals surface area contributed by atoms with E-state index >= 15 is 0 Å². The fraction of sp³-hybridized carbons (Fsp3) is 0.192. The van der Waals surface area contributed by atoms with E-state index in [0.717, 1.165) is 17.7 Å². The van der Waals surface area contributed by atoms with Gasteiger partial charge in [0.1, 0.15) is 5.82 Å². The minimum atomic E-state index is -4.53. The Labute approximate surface area is 199 Å². The number of benzene rings is 3. The molecule has 4 rings (SSSR count). The molecule has 0 radical (unpaired) electrons. The zero-order valence-electron chi connectivity index (χ0n) is 19.3. The number of para-hydroxylation sites is 1. The molecule has 0 aliphatic heterocycles. The van der Waals surface area contributed by atoms with Crippen molar-refractivity contribution in [3.05, 3.63) is 100 Å². The molecule has 3 aromatic carbocycles. The van der Waals surface area contributed by atoms with E-state index in [-0.39, 0.29) is 11.2 Å². The van der Waals surface area contributed by atoms with Gasteiger partial charge in [-0.05, 0) is 56.3 Å². The van der Waals surface area contributed by atoms with Gasteiger partial charge in [0, 0.05) is 12.7 Å². The number of nitrogens with one attached hydrogen (secondary N) is 1. The molecule has 0 saturated carbocycles. The van der Waals surface area contributed by atoms with Crippen molar-refractivity contribution in [2.24, 2.45) is 0 Å². The second-order valence-corrected chi connectivity index (χ2v) is 8.26. The first-order valence-corrected chi connectivity index (χ1v) is 10.9. The van der Waals surface area contributed by atoms with E-state index in [1.165, 1.54) is 28.6 Å². The summed E-state index contributed by atoms with van der Waals surface area (Å²) < 4.78 is 40.6. The van der Waals surface area contributed by atoms with Crippen molar-refractivity contribution in [3.63, 3.8) is 0 Å².